The number of ether oxygens (including phenoxy) is 4. The zero-order valence-electron chi connectivity index (χ0n) is 14.1. The number of hydrogen-bond acceptors (Lipinski definition) is 5. The van der Waals surface area contributed by atoms with Crippen LogP contribution in [0, 0.1) is 5.92 Å². The lowest BCUT2D eigenvalue weighted by Crippen LogP contribution is -2.24. The van der Waals surface area contributed by atoms with Gasteiger partial charge in [0.25, 0.3) is 0 Å². The molecular weight excluding hydrogens is 296 g/mol. The first-order valence-electron chi connectivity index (χ1n) is 7.64. The van der Waals surface area contributed by atoms with Gasteiger partial charge in [-0.1, -0.05) is 36.4 Å². The molecular formula is C18H26O5. The van der Waals surface area contributed by atoms with E-state index in [0.717, 1.165) is 18.4 Å². The molecule has 0 bridgehead atoms. The number of benzene rings is 1. The highest BCUT2D eigenvalue weighted by molar-refractivity contribution is 5.81. The van der Waals surface area contributed by atoms with Crippen molar-refractivity contribution in [3.05, 3.63) is 48.0 Å². The van der Waals surface area contributed by atoms with Gasteiger partial charge in [-0.15, -0.1) is 0 Å². The Morgan fingerprint density at radius 1 is 1.13 bits per heavy atom. The van der Waals surface area contributed by atoms with E-state index < -0.39 is 6.29 Å². The number of carbonyl (C=O) groups excluding carboxylic acids is 1. The Balaban J connectivity index is 2.38. The second kappa shape index (κ2) is 11.8. The third kappa shape index (κ3) is 7.93. The normalized spacial score (nSPS) is 12.7. The van der Waals surface area contributed by atoms with Crippen LogP contribution in [0.15, 0.2) is 42.5 Å². The third-order valence-electron chi connectivity index (χ3n) is 3.43. The molecule has 0 saturated heterocycles. The molecule has 5 nitrogen and oxygen atoms in total. The van der Waals surface area contributed by atoms with Crippen LogP contribution in [0.25, 0.3) is 0 Å². The van der Waals surface area contributed by atoms with Crippen LogP contribution in [-0.2, 0) is 30.3 Å². The molecule has 1 aromatic rings. The Morgan fingerprint density at radius 3 is 2.43 bits per heavy atom. The largest absolute Gasteiger partial charge is 0.466 e. The molecule has 0 aliphatic rings. The molecule has 0 aliphatic carbocycles. The minimum absolute atomic E-state index is 0.0376. The van der Waals surface area contributed by atoms with Crippen LogP contribution >= 0.6 is 0 Å². The van der Waals surface area contributed by atoms with Crippen molar-refractivity contribution in [2.24, 2.45) is 5.92 Å². The first kappa shape index (κ1) is 19.4. The summed E-state index contributed by atoms with van der Waals surface area (Å²) in [7, 11) is 4.52. The maximum Gasteiger partial charge on any atom is 0.330 e. The molecule has 0 aliphatic heterocycles. The Kier molecular flexibility index (Phi) is 9.95. The number of carbonyl (C=O) groups is 1. The fraction of sp³-hybridized carbons (Fsp3) is 0.500. The Hall–Kier alpha value is -1.69. The van der Waals surface area contributed by atoms with E-state index in [1.807, 2.05) is 30.3 Å². The summed E-state index contributed by atoms with van der Waals surface area (Å²) in [4.78, 5) is 11.2. The van der Waals surface area contributed by atoms with Gasteiger partial charge in [0.15, 0.2) is 6.29 Å². The maximum absolute atomic E-state index is 11.2. The first-order valence-corrected chi connectivity index (χ1v) is 7.64. The van der Waals surface area contributed by atoms with Crippen molar-refractivity contribution in [1.29, 1.82) is 0 Å². The van der Waals surface area contributed by atoms with Crippen LogP contribution in [0.1, 0.15) is 18.4 Å². The third-order valence-corrected chi connectivity index (χ3v) is 3.43. The topological polar surface area (TPSA) is 54.0 Å². The predicted molar refractivity (Wildman–Crippen MR) is 87.8 cm³/mol. The summed E-state index contributed by atoms with van der Waals surface area (Å²) in [5.41, 5.74) is 1.15. The summed E-state index contributed by atoms with van der Waals surface area (Å²) < 4.78 is 20.8. The van der Waals surface area contributed by atoms with Crippen LogP contribution in [0.5, 0.6) is 0 Å². The van der Waals surface area contributed by atoms with Gasteiger partial charge in [-0.25, -0.2) is 4.79 Å². The van der Waals surface area contributed by atoms with Gasteiger partial charge in [0.2, 0.25) is 0 Å². The van der Waals surface area contributed by atoms with Crippen molar-refractivity contribution >= 4 is 5.97 Å². The standard InChI is InChI=1S/C18H26O5/c1-20-17(19)12-11-16(18(21-2)22-3)10-7-13-23-14-15-8-5-4-6-9-15/h4-6,8-9,11-12,16,18H,7,10,13-14H2,1-3H3/b12-11+/t16-/m1/s1. The summed E-state index contributed by atoms with van der Waals surface area (Å²) in [5, 5.41) is 0. The van der Waals surface area contributed by atoms with E-state index in [-0.39, 0.29) is 11.9 Å². The smallest absolute Gasteiger partial charge is 0.330 e. The van der Waals surface area contributed by atoms with Crippen molar-refractivity contribution in [3.8, 4) is 0 Å². The van der Waals surface area contributed by atoms with Crippen LogP contribution < -0.4 is 0 Å². The molecule has 0 saturated carbocycles. The van der Waals surface area contributed by atoms with E-state index in [1.54, 1.807) is 20.3 Å². The molecule has 0 fully saturated rings. The average Bonchev–Trinajstić information content (AvgIpc) is 2.60. The Morgan fingerprint density at radius 2 is 1.83 bits per heavy atom. The monoisotopic (exact) mass is 322 g/mol. The molecule has 1 rings (SSSR count). The van der Waals surface area contributed by atoms with Gasteiger partial charge in [-0.3, -0.25) is 0 Å². The van der Waals surface area contributed by atoms with Gasteiger partial charge >= 0.3 is 5.97 Å². The average molecular weight is 322 g/mol. The van der Waals surface area contributed by atoms with Crippen molar-refractivity contribution < 1.29 is 23.7 Å². The van der Waals surface area contributed by atoms with E-state index in [2.05, 4.69) is 4.74 Å². The Bertz CT molecular complexity index is 454. The number of rotatable bonds is 11. The quantitative estimate of drug-likeness (QED) is 0.271. The van der Waals surface area contributed by atoms with E-state index in [0.29, 0.717) is 13.2 Å². The van der Waals surface area contributed by atoms with Crippen LogP contribution in [0.3, 0.4) is 0 Å². The molecule has 0 unspecified atom stereocenters. The summed E-state index contributed by atoms with van der Waals surface area (Å²) in [5.74, 6) is -0.425. The molecule has 128 valence electrons. The molecule has 1 aromatic carbocycles. The number of methoxy groups -OCH3 is 3. The first-order chi connectivity index (χ1) is 11.2. The van der Waals surface area contributed by atoms with Crippen molar-refractivity contribution in [1.82, 2.24) is 0 Å². The van der Waals surface area contributed by atoms with Crippen molar-refractivity contribution in [2.75, 3.05) is 27.9 Å². The minimum atomic E-state index is -0.398. The molecule has 23 heavy (non-hydrogen) atoms. The zero-order chi connectivity index (χ0) is 16.9. The lowest BCUT2D eigenvalue weighted by molar-refractivity contribution is -0.135. The highest BCUT2D eigenvalue weighted by Crippen LogP contribution is 2.17. The van der Waals surface area contributed by atoms with Crippen LogP contribution in [0.2, 0.25) is 0 Å². The van der Waals surface area contributed by atoms with Crippen molar-refractivity contribution in [2.45, 2.75) is 25.7 Å². The molecule has 0 N–H and O–H groups in total. The number of hydrogen-bond donors (Lipinski definition) is 0. The molecule has 5 heteroatoms. The van der Waals surface area contributed by atoms with E-state index >= 15 is 0 Å². The number of esters is 1. The van der Waals surface area contributed by atoms with Gasteiger partial charge in [-0.2, -0.15) is 0 Å². The van der Waals surface area contributed by atoms with E-state index in [1.165, 1.54) is 13.2 Å². The summed E-state index contributed by atoms with van der Waals surface area (Å²) >= 11 is 0. The molecule has 0 heterocycles. The van der Waals surface area contributed by atoms with Crippen molar-refractivity contribution in [3.63, 3.8) is 0 Å². The van der Waals surface area contributed by atoms with Gasteiger partial charge in [0.1, 0.15) is 0 Å². The van der Waals surface area contributed by atoms with Gasteiger partial charge in [0, 0.05) is 32.8 Å². The molecule has 0 amide bonds. The van der Waals surface area contributed by atoms with E-state index in [4.69, 9.17) is 14.2 Å². The minimum Gasteiger partial charge on any atom is -0.466 e. The highest BCUT2D eigenvalue weighted by atomic mass is 16.7. The fourth-order valence-electron chi connectivity index (χ4n) is 2.22. The van der Waals surface area contributed by atoms with Gasteiger partial charge < -0.3 is 18.9 Å². The molecule has 0 radical (unpaired) electrons. The maximum atomic E-state index is 11.2. The SMILES string of the molecule is COC(=O)/C=C/[C@@H](CCCOCc1ccccc1)C(OC)OC. The molecule has 0 aromatic heterocycles. The van der Waals surface area contributed by atoms with Crippen LogP contribution in [-0.4, -0.2) is 40.2 Å². The second-order valence-electron chi connectivity index (χ2n) is 5.07. The zero-order valence-corrected chi connectivity index (χ0v) is 14.1. The summed E-state index contributed by atoms with van der Waals surface area (Å²) in [6, 6.07) is 10.0. The predicted octanol–water partition coefficient (Wildman–Crippen LogP) is 2.95. The van der Waals surface area contributed by atoms with Gasteiger partial charge in [-0.05, 0) is 18.4 Å². The lowest BCUT2D eigenvalue weighted by Gasteiger charge is -2.21. The lowest BCUT2D eigenvalue weighted by atomic mass is 10.0. The van der Waals surface area contributed by atoms with Gasteiger partial charge in [0.05, 0.1) is 13.7 Å². The summed E-state index contributed by atoms with van der Waals surface area (Å²) in [6.07, 6.45) is 4.40. The second-order valence-corrected chi connectivity index (χ2v) is 5.07. The Labute approximate surface area is 138 Å². The van der Waals surface area contributed by atoms with Crippen LogP contribution in [0.4, 0.5) is 0 Å². The summed E-state index contributed by atoms with van der Waals surface area (Å²) in [6.45, 7) is 1.24. The fourth-order valence-corrected chi connectivity index (χ4v) is 2.22. The molecule has 1 atom stereocenters. The van der Waals surface area contributed by atoms with E-state index in [9.17, 15) is 4.79 Å². The highest BCUT2D eigenvalue weighted by Gasteiger charge is 2.18. The molecule has 0 spiro atoms.